The number of non-ortho nitro benzene ring substituents is 1. The molecule has 0 aliphatic heterocycles. The molecule has 0 saturated heterocycles. The molecule has 132 valence electrons. The number of amides is 1. The number of benzene rings is 2. The van der Waals surface area contributed by atoms with Crippen LogP contribution in [0.3, 0.4) is 0 Å². The molecule has 3 aromatic rings. The Hall–Kier alpha value is -3.82. The van der Waals surface area contributed by atoms with Gasteiger partial charge in [0.05, 0.1) is 10.5 Å². The minimum absolute atomic E-state index is 0.00628. The zero-order chi connectivity index (χ0) is 18.7. The first kappa shape index (κ1) is 17.0. The summed E-state index contributed by atoms with van der Waals surface area (Å²) >= 11 is 0. The Morgan fingerprint density at radius 1 is 1.27 bits per heavy atom. The Labute approximate surface area is 145 Å². The highest BCUT2D eigenvalue weighted by atomic mass is 19.1. The summed E-state index contributed by atoms with van der Waals surface area (Å²) in [5.41, 5.74) is 5.59. The summed E-state index contributed by atoms with van der Waals surface area (Å²) in [6.07, 6.45) is 0. The second-order valence-electron chi connectivity index (χ2n) is 5.24. The van der Waals surface area contributed by atoms with Gasteiger partial charge in [0.1, 0.15) is 23.9 Å². The van der Waals surface area contributed by atoms with E-state index in [0.29, 0.717) is 5.56 Å². The summed E-state index contributed by atoms with van der Waals surface area (Å²) in [7, 11) is 0. The summed E-state index contributed by atoms with van der Waals surface area (Å²) in [6.45, 7) is 0.00628. The average molecular weight is 357 g/mol. The minimum Gasteiger partial charge on any atom is -0.488 e. The first-order chi connectivity index (χ1) is 12.5. The van der Waals surface area contributed by atoms with Gasteiger partial charge in [-0.1, -0.05) is 12.1 Å². The Bertz CT molecular complexity index is 988. The molecule has 0 atom stereocenters. The number of nitrogens with two attached hydrogens (primary N) is 1. The number of carbonyl (C=O) groups excluding carboxylic acids is 1. The van der Waals surface area contributed by atoms with Gasteiger partial charge in [-0.15, -0.1) is 0 Å². The highest BCUT2D eigenvalue weighted by Crippen LogP contribution is 2.34. The molecule has 1 amide bonds. The predicted octanol–water partition coefficient (Wildman–Crippen LogP) is 2.20. The normalized spacial score (nSPS) is 10.5. The number of halogens is 1. The van der Waals surface area contributed by atoms with Crippen LogP contribution in [0.4, 0.5) is 10.1 Å². The van der Waals surface area contributed by atoms with Gasteiger partial charge in [-0.05, 0) is 23.8 Å². The summed E-state index contributed by atoms with van der Waals surface area (Å²) < 4.78 is 18.9. The molecule has 0 fully saturated rings. The van der Waals surface area contributed by atoms with Gasteiger partial charge in [-0.25, -0.2) is 4.39 Å². The van der Waals surface area contributed by atoms with Crippen molar-refractivity contribution in [1.29, 1.82) is 0 Å². The lowest BCUT2D eigenvalue weighted by Gasteiger charge is -2.11. The number of H-pyrrole nitrogens is 1. The van der Waals surface area contributed by atoms with E-state index in [1.54, 1.807) is 6.07 Å². The van der Waals surface area contributed by atoms with E-state index in [2.05, 4.69) is 15.4 Å². The maximum absolute atomic E-state index is 13.3. The molecule has 2 aromatic carbocycles. The van der Waals surface area contributed by atoms with Crippen LogP contribution in [-0.4, -0.2) is 26.2 Å². The molecule has 1 aromatic heterocycles. The third kappa shape index (κ3) is 3.48. The maximum atomic E-state index is 13.3. The third-order valence-electron chi connectivity index (χ3n) is 3.49. The van der Waals surface area contributed by atoms with E-state index >= 15 is 0 Å². The van der Waals surface area contributed by atoms with Crippen molar-refractivity contribution in [2.45, 2.75) is 6.61 Å². The van der Waals surface area contributed by atoms with Gasteiger partial charge in [-0.2, -0.15) is 15.4 Å². The summed E-state index contributed by atoms with van der Waals surface area (Å²) in [5, 5.41) is 20.8. The zero-order valence-electron chi connectivity index (χ0n) is 13.2. The van der Waals surface area contributed by atoms with Crippen molar-refractivity contribution in [1.82, 2.24) is 15.4 Å². The molecule has 3 N–H and O–H groups in total. The van der Waals surface area contributed by atoms with E-state index in [0.717, 1.165) is 0 Å². The van der Waals surface area contributed by atoms with Gasteiger partial charge in [0.2, 0.25) is 0 Å². The Morgan fingerprint density at radius 2 is 2.08 bits per heavy atom. The fraction of sp³-hybridized carbons (Fsp3) is 0.0625. The van der Waals surface area contributed by atoms with Crippen molar-refractivity contribution >= 4 is 11.6 Å². The topological polar surface area (TPSA) is 137 Å². The van der Waals surface area contributed by atoms with E-state index in [1.807, 2.05) is 0 Å². The number of carbonyl (C=O) groups is 1. The minimum atomic E-state index is -0.851. The molecular weight excluding hydrogens is 345 g/mol. The lowest BCUT2D eigenvalue weighted by molar-refractivity contribution is -0.384. The molecule has 1 heterocycles. The smallest absolute Gasteiger partial charge is 0.271 e. The van der Waals surface area contributed by atoms with E-state index in [4.69, 9.17) is 10.5 Å². The van der Waals surface area contributed by atoms with Gasteiger partial charge in [0.15, 0.2) is 5.69 Å². The fourth-order valence-corrected chi connectivity index (χ4v) is 2.32. The van der Waals surface area contributed by atoms with Crippen LogP contribution in [0.1, 0.15) is 16.1 Å². The molecule has 9 nitrogen and oxygen atoms in total. The molecule has 3 rings (SSSR count). The number of nitro groups is 1. The number of primary amides is 1. The SMILES string of the molecule is NC(=O)c1n[nH]nc1-c1cc([N+](=O)[O-])ccc1OCc1cccc(F)c1. The molecule has 0 bridgehead atoms. The van der Waals surface area contributed by atoms with Gasteiger partial charge in [-0.3, -0.25) is 14.9 Å². The summed E-state index contributed by atoms with van der Waals surface area (Å²) in [5.74, 6) is -1.06. The van der Waals surface area contributed by atoms with Crippen LogP contribution in [0.5, 0.6) is 5.75 Å². The highest BCUT2D eigenvalue weighted by molar-refractivity contribution is 5.97. The summed E-state index contributed by atoms with van der Waals surface area (Å²) in [6, 6.07) is 9.61. The van der Waals surface area contributed by atoms with Crippen molar-refractivity contribution in [3.05, 3.63) is 69.7 Å². The molecule has 0 unspecified atom stereocenters. The number of nitrogens with zero attached hydrogens (tertiary/aromatic N) is 3. The average Bonchev–Trinajstić information content (AvgIpc) is 3.09. The van der Waals surface area contributed by atoms with E-state index in [1.165, 1.54) is 36.4 Å². The molecule has 0 saturated carbocycles. The van der Waals surface area contributed by atoms with Crippen molar-refractivity contribution < 1.29 is 18.8 Å². The third-order valence-corrected chi connectivity index (χ3v) is 3.49. The molecule has 0 radical (unpaired) electrons. The lowest BCUT2D eigenvalue weighted by Crippen LogP contribution is -2.13. The summed E-state index contributed by atoms with van der Waals surface area (Å²) in [4.78, 5) is 22.0. The number of rotatable bonds is 6. The number of nitro benzene ring substituents is 1. The number of ether oxygens (including phenoxy) is 1. The van der Waals surface area contributed by atoms with E-state index in [9.17, 15) is 19.3 Å². The monoisotopic (exact) mass is 357 g/mol. The van der Waals surface area contributed by atoms with Crippen LogP contribution in [0.2, 0.25) is 0 Å². The van der Waals surface area contributed by atoms with Gasteiger partial charge in [0.25, 0.3) is 11.6 Å². The Morgan fingerprint density at radius 3 is 2.77 bits per heavy atom. The molecule has 0 aliphatic rings. The number of aromatic amines is 1. The van der Waals surface area contributed by atoms with Gasteiger partial charge >= 0.3 is 0 Å². The molecule has 10 heteroatoms. The molecular formula is C16H12FN5O4. The molecule has 0 spiro atoms. The van der Waals surface area contributed by atoms with Crippen LogP contribution in [0.15, 0.2) is 42.5 Å². The van der Waals surface area contributed by atoms with Crippen molar-refractivity contribution in [3.63, 3.8) is 0 Å². The standard InChI is InChI=1S/C16H12FN5O4/c17-10-3-1-2-9(6-10)8-26-13-5-4-11(22(24)25)7-12(13)14-15(16(18)23)20-21-19-14/h1-7H,8H2,(H2,18,23)(H,19,20,21). The Balaban J connectivity index is 2.00. The van der Waals surface area contributed by atoms with Crippen molar-refractivity contribution in [2.24, 2.45) is 5.73 Å². The fourth-order valence-electron chi connectivity index (χ4n) is 2.32. The second kappa shape index (κ2) is 6.97. The van der Waals surface area contributed by atoms with Gasteiger partial charge < -0.3 is 10.5 Å². The van der Waals surface area contributed by atoms with Crippen molar-refractivity contribution in [2.75, 3.05) is 0 Å². The lowest BCUT2D eigenvalue weighted by atomic mass is 10.1. The van der Waals surface area contributed by atoms with Crippen LogP contribution < -0.4 is 10.5 Å². The Kier molecular flexibility index (Phi) is 4.56. The quantitative estimate of drug-likeness (QED) is 0.512. The number of hydrogen-bond acceptors (Lipinski definition) is 6. The number of hydrogen-bond donors (Lipinski definition) is 2. The van der Waals surface area contributed by atoms with Crippen LogP contribution in [0.25, 0.3) is 11.3 Å². The first-order valence-corrected chi connectivity index (χ1v) is 7.32. The van der Waals surface area contributed by atoms with Crippen LogP contribution in [0, 0.1) is 15.9 Å². The highest BCUT2D eigenvalue weighted by Gasteiger charge is 2.21. The molecule has 26 heavy (non-hydrogen) atoms. The van der Waals surface area contributed by atoms with Crippen LogP contribution >= 0.6 is 0 Å². The predicted molar refractivity (Wildman–Crippen MR) is 87.7 cm³/mol. The largest absolute Gasteiger partial charge is 0.488 e. The van der Waals surface area contributed by atoms with Gasteiger partial charge in [0, 0.05) is 12.1 Å². The molecule has 0 aliphatic carbocycles. The van der Waals surface area contributed by atoms with Crippen molar-refractivity contribution in [3.8, 4) is 17.0 Å². The van der Waals surface area contributed by atoms with E-state index < -0.39 is 16.6 Å². The maximum Gasteiger partial charge on any atom is 0.271 e. The number of nitrogens with one attached hydrogen (secondary N) is 1. The van der Waals surface area contributed by atoms with E-state index in [-0.39, 0.29) is 35.0 Å². The number of aromatic nitrogens is 3. The van der Waals surface area contributed by atoms with Crippen LogP contribution in [-0.2, 0) is 6.61 Å². The second-order valence-corrected chi connectivity index (χ2v) is 5.24. The zero-order valence-corrected chi connectivity index (χ0v) is 13.2. The first-order valence-electron chi connectivity index (χ1n) is 7.32.